The van der Waals surface area contributed by atoms with E-state index in [-0.39, 0.29) is 36.9 Å². The minimum absolute atomic E-state index is 0. The van der Waals surface area contributed by atoms with Crippen molar-refractivity contribution < 1.29 is 36.2 Å². The van der Waals surface area contributed by atoms with Gasteiger partial charge in [-0.3, -0.25) is 9.98 Å². The van der Waals surface area contributed by atoms with Crippen LogP contribution in [-0.4, -0.2) is 11.4 Å². The molecule has 1 heterocycles. The predicted octanol–water partition coefficient (Wildman–Crippen LogP) is 14.5. The summed E-state index contributed by atoms with van der Waals surface area (Å²) in [5, 5.41) is 23.8. The Labute approximate surface area is 361 Å². The molecule has 1 aliphatic heterocycles. The van der Waals surface area contributed by atoms with Crippen LogP contribution in [0.15, 0.2) is 73.2 Å². The number of hydrogen-bond donors (Lipinski definition) is 0. The van der Waals surface area contributed by atoms with Gasteiger partial charge in [-0.1, -0.05) is 88.9 Å². The van der Waals surface area contributed by atoms with E-state index in [9.17, 15) is 10.2 Å². The molecule has 13 heteroatoms. The summed E-state index contributed by atoms with van der Waals surface area (Å²) in [7, 11) is 0. The number of nitrogens with zero attached hydrogens (tertiary/aromatic N) is 2. The van der Waals surface area contributed by atoms with E-state index < -0.39 is 11.5 Å². The van der Waals surface area contributed by atoms with Crippen molar-refractivity contribution in [2.24, 2.45) is 9.98 Å². The van der Waals surface area contributed by atoms with Gasteiger partial charge in [0, 0.05) is 0 Å². The Bertz CT molecular complexity index is 1830. The second-order valence-electron chi connectivity index (χ2n) is 12.4. The van der Waals surface area contributed by atoms with Gasteiger partial charge in [0.1, 0.15) is 0 Å². The molecule has 51 heavy (non-hydrogen) atoms. The number of hydrogen-bond acceptors (Lipinski definition) is 6. The first kappa shape index (κ1) is 44.2. The molecule has 4 aromatic carbocycles. The van der Waals surface area contributed by atoms with Crippen molar-refractivity contribution in [1.82, 2.24) is 0 Å². The van der Waals surface area contributed by atoms with Gasteiger partial charge in [0.2, 0.25) is 0 Å². The summed E-state index contributed by atoms with van der Waals surface area (Å²) < 4.78 is 14.3. The maximum Gasteiger partial charge on any atom is 2.00 e. The van der Waals surface area contributed by atoms with E-state index in [2.05, 4.69) is 187 Å². The normalized spacial score (nSPS) is 12.4. The Kier molecular flexibility index (Phi) is 16.4. The summed E-state index contributed by atoms with van der Waals surface area (Å²) in [6, 6.07) is 12.9. The van der Waals surface area contributed by atoms with Crippen LogP contribution in [0.2, 0.25) is 0 Å². The molecule has 0 spiro atoms. The standard InChI is InChI=1S/C26H36N2.C12H2Br6O4.Ni/c1-9-12-24(21(8)27-25-19(6)13-10-14-20(25)7)28-26-22(17(2)3)15-11-16-23(26)18(4)5;13-1-2(14)4(16)10-9(3(1)15)21-11-5(17)7(19)8(20)6(18)12(11)22-10;/h10-11,13-18H,9,12H2,1-8H3;19-20H;/q;;+2/p-2. The number of rotatable bonds is 7. The molecule has 5 rings (SSSR count). The molecule has 0 fully saturated rings. The van der Waals surface area contributed by atoms with Crippen molar-refractivity contribution in [2.75, 3.05) is 0 Å². The summed E-state index contributed by atoms with van der Waals surface area (Å²) in [5.74, 6) is 0.511. The van der Waals surface area contributed by atoms with Gasteiger partial charge in [-0.2, -0.15) is 0 Å². The monoisotopic (exact) mass is 1120 g/mol. The number of benzene rings is 4. The summed E-state index contributed by atoms with van der Waals surface area (Å²) in [4.78, 5) is 10.2. The van der Waals surface area contributed by atoms with Crippen molar-refractivity contribution in [3.63, 3.8) is 0 Å². The van der Waals surface area contributed by atoms with Crippen LogP contribution in [0.3, 0.4) is 0 Å². The molecule has 0 radical (unpaired) electrons. The summed E-state index contributed by atoms with van der Waals surface area (Å²) in [6.45, 7) is 17.5. The van der Waals surface area contributed by atoms with Crippen molar-refractivity contribution in [1.29, 1.82) is 0 Å². The zero-order chi connectivity index (χ0) is 37.2. The number of para-hydroxylation sites is 2. The molecule has 1 aliphatic rings. The second kappa shape index (κ2) is 18.9. The van der Waals surface area contributed by atoms with E-state index in [4.69, 9.17) is 19.5 Å². The molecule has 0 bridgehead atoms. The quantitative estimate of drug-likeness (QED) is 0.0703. The zero-order valence-electron chi connectivity index (χ0n) is 29.1. The van der Waals surface area contributed by atoms with Crippen LogP contribution in [0.5, 0.6) is 34.5 Å². The van der Waals surface area contributed by atoms with Gasteiger partial charge in [-0.25, -0.2) is 0 Å². The minimum atomic E-state index is -0.705. The molecule has 0 aromatic heterocycles. The Morgan fingerprint density at radius 3 is 1.41 bits per heavy atom. The van der Waals surface area contributed by atoms with E-state index in [1.807, 2.05) is 0 Å². The summed E-state index contributed by atoms with van der Waals surface area (Å²) in [5.41, 5.74) is 9.39. The first-order valence-electron chi connectivity index (χ1n) is 15.9. The fourth-order valence-corrected chi connectivity index (χ4v) is 8.40. The third-order valence-corrected chi connectivity index (χ3v) is 14.1. The van der Waals surface area contributed by atoms with E-state index >= 15 is 0 Å². The summed E-state index contributed by atoms with van der Waals surface area (Å²) >= 11 is 19.8. The van der Waals surface area contributed by atoms with Crippen LogP contribution < -0.4 is 19.7 Å². The molecule has 0 N–H and O–H groups in total. The Morgan fingerprint density at radius 2 is 1.02 bits per heavy atom. The molecule has 0 atom stereocenters. The number of ether oxygens (including phenoxy) is 2. The average molecular weight is 1120 g/mol. The van der Waals surface area contributed by atoms with Crippen molar-refractivity contribution in [3.8, 4) is 34.5 Å². The van der Waals surface area contributed by atoms with Gasteiger partial charge in [0.25, 0.3) is 0 Å². The van der Waals surface area contributed by atoms with Gasteiger partial charge in [-0.05, 0) is 157 Å². The van der Waals surface area contributed by atoms with Crippen molar-refractivity contribution in [2.45, 2.75) is 80.1 Å². The van der Waals surface area contributed by atoms with Gasteiger partial charge in [0.15, 0.2) is 23.0 Å². The molecule has 0 unspecified atom stereocenters. The van der Waals surface area contributed by atoms with Crippen LogP contribution >= 0.6 is 95.6 Å². The van der Waals surface area contributed by atoms with Gasteiger partial charge < -0.3 is 19.7 Å². The molecule has 6 nitrogen and oxygen atoms in total. The third kappa shape index (κ3) is 9.55. The van der Waals surface area contributed by atoms with E-state index in [0.29, 0.717) is 41.2 Å². The fraction of sp³-hybridized carbons (Fsp3) is 0.316. The smallest absolute Gasteiger partial charge is 0.872 e. The number of fused-ring (bicyclic) bond motifs is 2. The molecular weight excluding hydrogens is 1090 g/mol. The molecule has 0 saturated carbocycles. The van der Waals surface area contributed by atoms with E-state index in [1.165, 1.54) is 22.3 Å². The first-order valence-corrected chi connectivity index (χ1v) is 20.7. The Morgan fingerprint density at radius 1 is 0.627 bits per heavy atom. The van der Waals surface area contributed by atoms with Crippen LogP contribution in [-0.2, 0) is 16.5 Å². The van der Waals surface area contributed by atoms with Gasteiger partial charge in [-0.15, -0.1) is 0 Å². The SMILES string of the molecule is CCCC(=Nc1c(C(C)C)cccc1C(C)C)C(C)=Nc1c(C)cccc1C.[Ni+2].[O-]c1c([O-])c(Br)c2c(c1Br)Oc1c(Br)c(Br)c(Br)c(Br)c1O2. The predicted molar refractivity (Wildman–Crippen MR) is 223 cm³/mol. The second-order valence-corrected chi connectivity index (χ2v) is 17.2. The molecule has 0 amide bonds. The van der Waals surface area contributed by atoms with Crippen molar-refractivity contribution >= 4 is 118 Å². The molecule has 0 aliphatic carbocycles. The zero-order valence-corrected chi connectivity index (χ0v) is 39.6. The molecule has 4 aromatic rings. The van der Waals surface area contributed by atoms with E-state index in [1.54, 1.807) is 0 Å². The number of aryl methyl sites for hydroxylation is 2. The van der Waals surface area contributed by atoms with E-state index in [0.717, 1.165) is 35.6 Å². The van der Waals surface area contributed by atoms with Crippen LogP contribution in [0.1, 0.15) is 88.5 Å². The maximum atomic E-state index is 11.9. The molecule has 0 saturated heterocycles. The molecule has 274 valence electrons. The van der Waals surface area contributed by atoms with Crippen LogP contribution in [0.4, 0.5) is 11.4 Å². The average Bonchev–Trinajstić information content (AvgIpc) is 3.08. The largest absolute Gasteiger partial charge is 2.00 e. The number of halogens is 6. The van der Waals surface area contributed by atoms with Gasteiger partial charge >= 0.3 is 16.5 Å². The topological polar surface area (TPSA) is 89.3 Å². The van der Waals surface area contributed by atoms with Gasteiger partial charge in [0.05, 0.1) is 49.6 Å². The third-order valence-electron chi connectivity index (χ3n) is 8.01. The van der Waals surface area contributed by atoms with Crippen molar-refractivity contribution in [3.05, 3.63) is 85.5 Å². The Hall–Kier alpha value is -1.21. The minimum Gasteiger partial charge on any atom is -0.872 e. The summed E-state index contributed by atoms with van der Waals surface area (Å²) in [6.07, 6.45) is 1.99. The van der Waals surface area contributed by atoms with Crippen LogP contribution in [0.25, 0.3) is 0 Å². The number of aliphatic imine (C=N–C) groups is 2. The fourth-order valence-electron chi connectivity index (χ4n) is 5.31. The first-order chi connectivity index (χ1) is 23.5. The maximum absolute atomic E-state index is 11.9. The Balaban J connectivity index is 0.000000277. The molecular formula is C38H36Br6N2NiO4. The van der Waals surface area contributed by atoms with Crippen LogP contribution in [0, 0.1) is 13.8 Å².